The SMILES string of the molecule is CC(NC(=O)C(C)c1cccc([N+](=O)[O-])c1)c1ncc[nH]1. The zero-order valence-electron chi connectivity index (χ0n) is 11.7. The monoisotopic (exact) mass is 288 g/mol. The fourth-order valence-corrected chi connectivity index (χ4v) is 1.98. The van der Waals surface area contributed by atoms with Gasteiger partial charge in [-0.1, -0.05) is 12.1 Å². The molecule has 7 nitrogen and oxygen atoms in total. The number of nitrogens with one attached hydrogen (secondary N) is 2. The molecule has 2 rings (SSSR count). The smallest absolute Gasteiger partial charge is 0.269 e. The molecule has 2 unspecified atom stereocenters. The molecule has 1 amide bonds. The first-order valence-electron chi connectivity index (χ1n) is 6.53. The number of rotatable bonds is 5. The summed E-state index contributed by atoms with van der Waals surface area (Å²) in [5, 5.41) is 13.6. The predicted molar refractivity (Wildman–Crippen MR) is 76.7 cm³/mol. The minimum atomic E-state index is -0.484. The number of aromatic amines is 1. The van der Waals surface area contributed by atoms with Crippen molar-refractivity contribution in [2.75, 3.05) is 0 Å². The summed E-state index contributed by atoms with van der Waals surface area (Å²) in [4.78, 5) is 29.5. The Kier molecular flexibility index (Phi) is 4.32. The summed E-state index contributed by atoms with van der Waals surface area (Å²) < 4.78 is 0. The molecule has 0 radical (unpaired) electrons. The summed E-state index contributed by atoms with van der Waals surface area (Å²) in [5.74, 6) is -0.0312. The number of carbonyl (C=O) groups is 1. The Morgan fingerprint density at radius 1 is 1.43 bits per heavy atom. The van der Waals surface area contributed by atoms with E-state index in [9.17, 15) is 14.9 Å². The third-order valence-electron chi connectivity index (χ3n) is 3.26. The molecule has 0 bridgehead atoms. The van der Waals surface area contributed by atoms with Crippen molar-refractivity contribution in [2.24, 2.45) is 0 Å². The molecule has 1 heterocycles. The van der Waals surface area contributed by atoms with Crippen LogP contribution in [0.1, 0.15) is 37.2 Å². The molecule has 0 spiro atoms. The van der Waals surface area contributed by atoms with Crippen molar-refractivity contribution < 1.29 is 9.72 Å². The molecule has 0 aliphatic rings. The van der Waals surface area contributed by atoms with E-state index in [2.05, 4.69) is 15.3 Å². The van der Waals surface area contributed by atoms with E-state index in [4.69, 9.17) is 0 Å². The summed E-state index contributed by atoms with van der Waals surface area (Å²) in [6.07, 6.45) is 3.30. The minimum Gasteiger partial charge on any atom is -0.347 e. The quantitative estimate of drug-likeness (QED) is 0.651. The molecule has 7 heteroatoms. The molecule has 1 aromatic carbocycles. The maximum atomic E-state index is 12.2. The molecule has 0 fully saturated rings. The number of aromatic nitrogens is 2. The van der Waals surface area contributed by atoms with Gasteiger partial charge in [0.1, 0.15) is 5.82 Å². The molecule has 0 saturated heterocycles. The standard InChI is InChI=1S/C14H16N4O3/c1-9(11-4-3-5-12(8-11)18(20)21)14(19)17-10(2)13-15-6-7-16-13/h3-10H,1-2H3,(H,15,16)(H,17,19). The van der Waals surface area contributed by atoms with Crippen molar-refractivity contribution in [3.05, 3.63) is 58.2 Å². The van der Waals surface area contributed by atoms with Crippen molar-refractivity contribution in [1.29, 1.82) is 0 Å². The van der Waals surface area contributed by atoms with Crippen LogP contribution in [0.3, 0.4) is 0 Å². The van der Waals surface area contributed by atoms with Gasteiger partial charge in [0.2, 0.25) is 5.91 Å². The van der Waals surface area contributed by atoms with Crippen molar-refractivity contribution in [2.45, 2.75) is 25.8 Å². The van der Waals surface area contributed by atoms with Gasteiger partial charge >= 0.3 is 0 Å². The van der Waals surface area contributed by atoms with E-state index < -0.39 is 10.8 Å². The highest BCUT2D eigenvalue weighted by Gasteiger charge is 2.20. The number of imidazole rings is 1. The third-order valence-corrected chi connectivity index (χ3v) is 3.26. The van der Waals surface area contributed by atoms with Gasteiger partial charge in [-0.2, -0.15) is 0 Å². The highest BCUT2D eigenvalue weighted by Crippen LogP contribution is 2.21. The van der Waals surface area contributed by atoms with Crippen LogP contribution in [0.15, 0.2) is 36.7 Å². The second-order valence-corrected chi connectivity index (χ2v) is 4.78. The van der Waals surface area contributed by atoms with E-state index in [0.717, 1.165) is 0 Å². The number of non-ortho nitro benzene ring substituents is 1. The van der Waals surface area contributed by atoms with Gasteiger partial charge in [0, 0.05) is 24.5 Å². The van der Waals surface area contributed by atoms with Gasteiger partial charge < -0.3 is 10.3 Å². The second-order valence-electron chi connectivity index (χ2n) is 4.78. The number of hydrogen-bond donors (Lipinski definition) is 2. The van der Waals surface area contributed by atoms with Gasteiger partial charge in [-0.15, -0.1) is 0 Å². The van der Waals surface area contributed by atoms with E-state index in [-0.39, 0.29) is 17.6 Å². The highest BCUT2D eigenvalue weighted by atomic mass is 16.6. The Labute approximate surface area is 121 Å². The predicted octanol–water partition coefficient (Wildman–Crippen LogP) is 2.30. The summed E-state index contributed by atoms with van der Waals surface area (Å²) >= 11 is 0. The van der Waals surface area contributed by atoms with Gasteiger partial charge in [0.15, 0.2) is 0 Å². The van der Waals surface area contributed by atoms with Crippen LogP contribution in [-0.4, -0.2) is 20.8 Å². The Hall–Kier alpha value is -2.70. The zero-order valence-corrected chi connectivity index (χ0v) is 11.7. The Morgan fingerprint density at radius 2 is 2.19 bits per heavy atom. The van der Waals surface area contributed by atoms with E-state index in [1.54, 1.807) is 31.5 Å². The topological polar surface area (TPSA) is 101 Å². The summed E-state index contributed by atoms with van der Waals surface area (Å²) in [6, 6.07) is 5.84. The van der Waals surface area contributed by atoms with Gasteiger partial charge in [-0.05, 0) is 19.4 Å². The van der Waals surface area contributed by atoms with E-state index in [1.165, 1.54) is 12.1 Å². The van der Waals surface area contributed by atoms with Crippen LogP contribution in [0, 0.1) is 10.1 Å². The maximum Gasteiger partial charge on any atom is 0.269 e. The van der Waals surface area contributed by atoms with Crippen LogP contribution < -0.4 is 5.32 Å². The first-order valence-corrected chi connectivity index (χ1v) is 6.53. The van der Waals surface area contributed by atoms with Gasteiger partial charge in [0.05, 0.1) is 16.9 Å². The Morgan fingerprint density at radius 3 is 2.81 bits per heavy atom. The molecule has 21 heavy (non-hydrogen) atoms. The molecule has 2 N–H and O–H groups in total. The second kappa shape index (κ2) is 6.17. The number of nitrogens with zero attached hydrogens (tertiary/aromatic N) is 2. The van der Waals surface area contributed by atoms with Crippen molar-refractivity contribution >= 4 is 11.6 Å². The number of benzene rings is 1. The van der Waals surface area contributed by atoms with Gasteiger partial charge in [0.25, 0.3) is 5.69 Å². The first kappa shape index (κ1) is 14.7. The van der Waals surface area contributed by atoms with Crippen molar-refractivity contribution in [3.63, 3.8) is 0 Å². The number of nitro groups is 1. The number of nitro benzene ring substituents is 1. The fourth-order valence-electron chi connectivity index (χ4n) is 1.98. The number of carbonyl (C=O) groups excluding carboxylic acids is 1. The average Bonchev–Trinajstić information content (AvgIpc) is 3.00. The Balaban J connectivity index is 2.08. The molecule has 1 aromatic heterocycles. The summed E-state index contributed by atoms with van der Waals surface area (Å²) in [6.45, 7) is 3.53. The first-order chi connectivity index (χ1) is 9.99. The summed E-state index contributed by atoms with van der Waals surface area (Å²) in [7, 11) is 0. The lowest BCUT2D eigenvalue weighted by Gasteiger charge is -2.16. The highest BCUT2D eigenvalue weighted by molar-refractivity contribution is 5.83. The molecular formula is C14H16N4O3. The summed E-state index contributed by atoms with van der Waals surface area (Å²) in [5.41, 5.74) is 0.583. The Bertz CT molecular complexity index is 639. The van der Waals surface area contributed by atoms with Crippen LogP contribution in [0.2, 0.25) is 0 Å². The third kappa shape index (κ3) is 3.44. The lowest BCUT2D eigenvalue weighted by Crippen LogP contribution is -2.31. The minimum absolute atomic E-state index is 0.0220. The molecule has 110 valence electrons. The normalized spacial score (nSPS) is 13.4. The lowest BCUT2D eigenvalue weighted by molar-refractivity contribution is -0.384. The van der Waals surface area contributed by atoms with Crippen LogP contribution in [0.4, 0.5) is 5.69 Å². The van der Waals surface area contributed by atoms with Crippen molar-refractivity contribution in [3.8, 4) is 0 Å². The number of hydrogen-bond acceptors (Lipinski definition) is 4. The number of H-pyrrole nitrogens is 1. The number of amides is 1. The van der Waals surface area contributed by atoms with E-state index >= 15 is 0 Å². The lowest BCUT2D eigenvalue weighted by atomic mass is 9.99. The molecule has 2 atom stereocenters. The van der Waals surface area contributed by atoms with Crippen LogP contribution >= 0.6 is 0 Å². The molecular weight excluding hydrogens is 272 g/mol. The van der Waals surface area contributed by atoms with Crippen LogP contribution in [-0.2, 0) is 4.79 Å². The molecule has 0 saturated carbocycles. The maximum absolute atomic E-state index is 12.2. The zero-order chi connectivity index (χ0) is 15.4. The van der Waals surface area contributed by atoms with Crippen molar-refractivity contribution in [1.82, 2.24) is 15.3 Å². The largest absolute Gasteiger partial charge is 0.347 e. The fraction of sp³-hybridized carbons (Fsp3) is 0.286. The van der Waals surface area contributed by atoms with E-state index in [1.807, 2.05) is 6.92 Å². The molecule has 0 aliphatic carbocycles. The van der Waals surface area contributed by atoms with Gasteiger partial charge in [-0.3, -0.25) is 14.9 Å². The van der Waals surface area contributed by atoms with Crippen LogP contribution in [0.5, 0.6) is 0 Å². The van der Waals surface area contributed by atoms with E-state index in [0.29, 0.717) is 11.4 Å². The molecule has 0 aliphatic heterocycles. The van der Waals surface area contributed by atoms with Gasteiger partial charge in [-0.25, -0.2) is 4.98 Å². The average molecular weight is 288 g/mol. The van der Waals surface area contributed by atoms with Crippen LogP contribution in [0.25, 0.3) is 0 Å². The molecule has 2 aromatic rings.